The van der Waals surface area contributed by atoms with Crippen LogP contribution in [0.15, 0.2) is 0 Å². The Labute approximate surface area is 206 Å². The van der Waals surface area contributed by atoms with E-state index in [4.69, 9.17) is 0 Å². The largest absolute Gasteiger partial charge is 0.481 e. The van der Waals surface area contributed by atoms with Crippen molar-refractivity contribution in [3.63, 3.8) is 0 Å². The lowest BCUT2D eigenvalue weighted by molar-refractivity contribution is -0.237. The van der Waals surface area contributed by atoms with E-state index in [0.29, 0.717) is 35.9 Å². The van der Waals surface area contributed by atoms with E-state index in [2.05, 4.69) is 41.5 Å². The van der Waals surface area contributed by atoms with Crippen LogP contribution in [0.2, 0.25) is 0 Å². The molecule has 0 aromatic carbocycles. The van der Waals surface area contributed by atoms with Crippen LogP contribution >= 0.6 is 0 Å². The summed E-state index contributed by atoms with van der Waals surface area (Å²) in [5, 5.41) is 20.6. The number of carboxylic acids is 1. The molecule has 4 heteroatoms. The van der Waals surface area contributed by atoms with E-state index < -0.39 is 11.4 Å². The molecular weight excluding hydrogens is 424 g/mol. The first-order chi connectivity index (χ1) is 15.8. The SMILES string of the molecule is CC(CO)[C@@H]1CC[C@]2(C(=O)O)CC[C@]3(C)[C@H](CC[C@@H]4C5(C)CCC(=O)C(C)(C)[C@@H]5CC[C@]43C)[C@@H]12. The van der Waals surface area contributed by atoms with Crippen LogP contribution in [0.1, 0.15) is 106 Å². The van der Waals surface area contributed by atoms with Crippen molar-refractivity contribution in [2.45, 2.75) is 106 Å². The van der Waals surface area contributed by atoms with Crippen LogP contribution in [0, 0.1) is 62.6 Å². The second-order valence-electron chi connectivity index (χ2n) is 14.7. The van der Waals surface area contributed by atoms with Gasteiger partial charge in [0.15, 0.2) is 0 Å². The van der Waals surface area contributed by atoms with E-state index in [-0.39, 0.29) is 40.1 Å². The highest BCUT2D eigenvalue weighted by molar-refractivity contribution is 5.85. The van der Waals surface area contributed by atoms with Crippen LogP contribution in [0.3, 0.4) is 0 Å². The topological polar surface area (TPSA) is 74.6 Å². The summed E-state index contributed by atoms with van der Waals surface area (Å²) in [6.07, 6.45) is 9.83. The van der Waals surface area contributed by atoms with Gasteiger partial charge in [-0.1, -0.05) is 41.5 Å². The van der Waals surface area contributed by atoms with Gasteiger partial charge in [0.05, 0.1) is 5.41 Å². The molecule has 0 spiro atoms. The van der Waals surface area contributed by atoms with Crippen molar-refractivity contribution in [1.82, 2.24) is 0 Å². The molecule has 192 valence electrons. The molecule has 0 heterocycles. The van der Waals surface area contributed by atoms with E-state index in [0.717, 1.165) is 51.4 Å². The number of hydrogen-bond acceptors (Lipinski definition) is 3. The van der Waals surface area contributed by atoms with Crippen LogP contribution in [-0.2, 0) is 9.59 Å². The zero-order valence-corrected chi connectivity index (χ0v) is 22.5. The zero-order chi connectivity index (χ0) is 24.9. The Hall–Kier alpha value is -0.900. The van der Waals surface area contributed by atoms with Gasteiger partial charge in [-0.15, -0.1) is 0 Å². The quantitative estimate of drug-likeness (QED) is 0.502. The van der Waals surface area contributed by atoms with E-state index in [1.165, 1.54) is 6.42 Å². The van der Waals surface area contributed by atoms with Gasteiger partial charge in [-0.25, -0.2) is 0 Å². The molecule has 0 bridgehead atoms. The van der Waals surface area contributed by atoms with Gasteiger partial charge in [-0.05, 0) is 110 Å². The van der Waals surface area contributed by atoms with Crippen molar-refractivity contribution in [2.75, 3.05) is 6.61 Å². The predicted octanol–water partition coefficient (Wildman–Crippen LogP) is 6.35. The third-order valence-electron chi connectivity index (χ3n) is 13.7. The van der Waals surface area contributed by atoms with Crippen molar-refractivity contribution >= 4 is 11.8 Å². The predicted molar refractivity (Wildman–Crippen MR) is 133 cm³/mol. The number of aliphatic hydroxyl groups excluding tert-OH is 1. The number of aliphatic hydroxyl groups is 1. The highest BCUT2D eigenvalue weighted by Gasteiger charge is 2.72. The Morgan fingerprint density at radius 1 is 0.912 bits per heavy atom. The van der Waals surface area contributed by atoms with Gasteiger partial charge >= 0.3 is 5.97 Å². The molecule has 5 aliphatic carbocycles. The van der Waals surface area contributed by atoms with Gasteiger partial charge in [0, 0.05) is 18.4 Å². The fourth-order valence-corrected chi connectivity index (χ4v) is 11.6. The first-order valence-corrected chi connectivity index (χ1v) is 14.2. The summed E-state index contributed by atoms with van der Waals surface area (Å²) in [7, 11) is 0. The average molecular weight is 473 g/mol. The third kappa shape index (κ3) is 2.81. The number of carbonyl (C=O) groups is 2. The van der Waals surface area contributed by atoms with Crippen molar-refractivity contribution in [3.05, 3.63) is 0 Å². The maximum absolute atomic E-state index is 12.9. The van der Waals surface area contributed by atoms with Crippen LogP contribution < -0.4 is 0 Å². The maximum Gasteiger partial charge on any atom is 0.309 e. The summed E-state index contributed by atoms with van der Waals surface area (Å²) in [5.74, 6) is 1.99. The highest BCUT2D eigenvalue weighted by atomic mass is 16.4. The summed E-state index contributed by atoms with van der Waals surface area (Å²) in [4.78, 5) is 25.7. The molecule has 0 aromatic rings. The molecule has 0 saturated heterocycles. The smallest absolute Gasteiger partial charge is 0.309 e. The van der Waals surface area contributed by atoms with Crippen LogP contribution in [-0.4, -0.2) is 28.6 Å². The van der Waals surface area contributed by atoms with Crippen molar-refractivity contribution in [1.29, 1.82) is 0 Å². The number of ketones is 1. The van der Waals surface area contributed by atoms with E-state index in [1.54, 1.807) is 0 Å². The van der Waals surface area contributed by atoms with Crippen molar-refractivity contribution < 1.29 is 19.8 Å². The van der Waals surface area contributed by atoms with Gasteiger partial charge < -0.3 is 10.2 Å². The monoisotopic (exact) mass is 472 g/mol. The lowest BCUT2D eigenvalue weighted by atomic mass is 9.32. The Bertz CT molecular complexity index is 879. The van der Waals surface area contributed by atoms with Gasteiger partial charge in [0.2, 0.25) is 0 Å². The summed E-state index contributed by atoms with van der Waals surface area (Å²) in [5.41, 5.74) is -0.339. The molecule has 5 saturated carbocycles. The number of carboxylic acid groups (broad SMARTS) is 1. The molecule has 2 unspecified atom stereocenters. The van der Waals surface area contributed by atoms with Gasteiger partial charge in [-0.3, -0.25) is 9.59 Å². The second kappa shape index (κ2) is 7.56. The molecule has 5 rings (SSSR count). The Kier molecular flexibility index (Phi) is 5.51. The van der Waals surface area contributed by atoms with Gasteiger partial charge in [-0.2, -0.15) is 0 Å². The molecule has 0 radical (unpaired) electrons. The Morgan fingerprint density at radius 3 is 2.26 bits per heavy atom. The standard InChI is InChI=1S/C30H48O4/c1-18(17-31)19-9-14-30(25(33)34)16-15-28(5)20(24(19)30)7-8-22-27(4)12-11-23(32)26(2,3)21(27)10-13-29(22,28)6/h18-22,24,31H,7-17H2,1-6H3,(H,33,34)/t18?,19-,20+,21-,22+,24+,27?,28+,29+,30-/m0/s1. The molecule has 10 atom stereocenters. The van der Waals surface area contributed by atoms with Crippen molar-refractivity contribution in [3.8, 4) is 0 Å². The summed E-state index contributed by atoms with van der Waals surface area (Å²) < 4.78 is 0. The third-order valence-corrected chi connectivity index (χ3v) is 13.7. The molecule has 0 aromatic heterocycles. The first-order valence-electron chi connectivity index (χ1n) is 14.2. The molecule has 4 nitrogen and oxygen atoms in total. The molecule has 0 aliphatic heterocycles. The summed E-state index contributed by atoms with van der Waals surface area (Å²) in [6, 6.07) is 0. The second-order valence-corrected chi connectivity index (χ2v) is 14.7. The maximum atomic E-state index is 12.9. The normalized spacial score (nSPS) is 52.7. The number of hydrogen-bond donors (Lipinski definition) is 2. The molecule has 5 fully saturated rings. The molecule has 5 aliphatic rings. The lowest BCUT2D eigenvalue weighted by Crippen LogP contribution is -2.66. The van der Waals surface area contributed by atoms with Gasteiger partial charge in [0.25, 0.3) is 0 Å². The fraction of sp³-hybridized carbons (Fsp3) is 0.933. The first kappa shape index (κ1) is 24.8. The van der Waals surface area contributed by atoms with Gasteiger partial charge in [0.1, 0.15) is 5.78 Å². The minimum atomic E-state index is -0.595. The van der Waals surface area contributed by atoms with Crippen LogP contribution in [0.5, 0.6) is 0 Å². The fourth-order valence-electron chi connectivity index (χ4n) is 11.6. The highest BCUT2D eigenvalue weighted by Crippen LogP contribution is 2.77. The molecular formula is C30H48O4. The summed E-state index contributed by atoms with van der Waals surface area (Å²) in [6.45, 7) is 14.3. The van der Waals surface area contributed by atoms with E-state index in [1.807, 2.05) is 0 Å². The molecule has 0 amide bonds. The number of fused-ring (bicyclic) bond motifs is 7. The minimum absolute atomic E-state index is 0.122. The number of aliphatic carboxylic acids is 1. The minimum Gasteiger partial charge on any atom is -0.481 e. The van der Waals surface area contributed by atoms with Crippen LogP contribution in [0.4, 0.5) is 0 Å². The Balaban J connectivity index is 1.56. The van der Waals surface area contributed by atoms with E-state index >= 15 is 0 Å². The Morgan fingerprint density at radius 2 is 1.62 bits per heavy atom. The van der Waals surface area contributed by atoms with Crippen LogP contribution in [0.25, 0.3) is 0 Å². The molecule has 2 N–H and O–H groups in total. The number of carbonyl (C=O) groups excluding carboxylic acids is 1. The van der Waals surface area contributed by atoms with E-state index in [9.17, 15) is 19.8 Å². The lowest BCUT2D eigenvalue weighted by Gasteiger charge is -2.72. The number of Topliss-reactive ketones (excluding diaryl/α,β-unsaturated/α-hetero) is 1. The molecule has 34 heavy (non-hydrogen) atoms. The number of rotatable bonds is 3. The zero-order valence-electron chi connectivity index (χ0n) is 22.5. The average Bonchev–Trinajstić information content (AvgIpc) is 3.18. The summed E-state index contributed by atoms with van der Waals surface area (Å²) >= 11 is 0. The van der Waals surface area contributed by atoms with Crippen molar-refractivity contribution in [2.24, 2.45) is 62.6 Å².